The van der Waals surface area contributed by atoms with Gasteiger partial charge in [0.1, 0.15) is 5.69 Å². The monoisotopic (exact) mass is 409 g/mol. The van der Waals surface area contributed by atoms with E-state index in [0.717, 1.165) is 5.56 Å². The normalized spacial score (nSPS) is 10.3. The Morgan fingerprint density at radius 3 is 2.57 bits per heavy atom. The molecule has 1 heterocycles. The number of rotatable bonds is 9. The maximum Gasteiger partial charge on any atom is 0.317 e. The zero-order valence-electron chi connectivity index (χ0n) is 17.3. The van der Waals surface area contributed by atoms with E-state index in [1.54, 1.807) is 47.5 Å². The number of likely N-dealkylation sites (N-methyl/N-ethyl adjacent to an activating group) is 1. The van der Waals surface area contributed by atoms with Crippen LogP contribution < -0.4 is 16.4 Å². The maximum atomic E-state index is 12.4. The summed E-state index contributed by atoms with van der Waals surface area (Å²) in [5.74, 6) is -0.363. The zero-order valence-corrected chi connectivity index (χ0v) is 17.3. The van der Waals surface area contributed by atoms with E-state index >= 15 is 0 Å². The number of urea groups is 1. The van der Waals surface area contributed by atoms with Gasteiger partial charge < -0.3 is 26.2 Å². The number of carbonyl (C=O) groups is 2. The first kappa shape index (κ1) is 22.6. The topological polar surface area (TPSA) is 127 Å². The largest absolute Gasteiger partial charge is 0.397 e. The average Bonchev–Trinajstić information content (AvgIpc) is 2.73. The van der Waals surface area contributed by atoms with Crippen molar-refractivity contribution in [3.63, 3.8) is 0 Å². The summed E-state index contributed by atoms with van der Waals surface area (Å²) in [6, 6.07) is 12.1. The number of nitrogen functional groups attached to an aromatic ring is 1. The summed E-state index contributed by atoms with van der Waals surface area (Å²) in [5.41, 5.74) is 7.89. The van der Waals surface area contributed by atoms with Crippen LogP contribution in [0.4, 0.5) is 16.2 Å². The molecule has 3 amide bonds. The molecule has 0 radical (unpaired) electrons. The van der Waals surface area contributed by atoms with Crippen molar-refractivity contribution in [1.29, 1.82) is 5.26 Å². The van der Waals surface area contributed by atoms with E-state index in [9.17, 15) is 9.59 Å². The molecule has 0 aliphatic carbocycles. The number of aromatic nitrogens is 1. The van der Waals surface area contributed by atoms with Gasteiger partial charge in [-0.05, 0) is 37.9 Å². The number of benzene rings is 1. The molecule has 9 nitrogen and oxygen atoms in total. The van der Waals surface area contributed by atoms with E-state index in [-0.39, 0.29) is 24.1 Å². The number of carbonyl (C=O) groups excluding carboxylic acids is 2. The number of hydrogen-bond donors (Lipinski definition) is 3. The molecule has 0 unspecified atom stereocenters. The van der Waals surface area contributed by atoms with Crippen LogP contribution in [0.3, 0.4) is 0 Å². The van der Waals surface area contributed by atoms with Gasteiger partial charge in [0.25, 0.3) is 5.91 Å². The molecule has 158 valence electrons. The number of nitriles is 1. The Morgan fingerprint density at radius 1 is 1.17 bits per heavy atom. The summed E-state index contributed by atoms with van der Waals surface area (Å²) in [6.07, 6.45) is 1.83. The van der Waals surface area contributed by atoms with E-state index in [1.165, 1.54) is 0 Å². The van der Waals surface area contributed by atoms with E-state index in [1.807, 2.05) is 25.1 Å². The molecule has 9 heteroatoms. The summed E-state index contributed by atoms with van der Waals surface area (Å²) in [7, 11) is 3.86. The third kappa shape index (κ3) is 7.07. The molecule has 0 aliphatic rings. The molecule has 0 saturated carbocycles. The fourth-order valence-electron chi connectivity index (χ4n) is 2.58. The molecule has 1 aromatic carbocycles. The highest BCUT2D eigenvalue weighted by molar-refractivity contribution is 6.04. The molecule has 1 aromatic heterocycles. The minimum Gasteiger partial charge on any atom is -0.397 e. The van der Waals surface area contributed by atoms with Gasteiger partial charge in [-0.15, -0.1) is 0 Å². The van der Waals surface area contributed by atoms with Crippen LogP contribution in [-0.4, -0.2) is 60.5 Å². The van der Waals surface area contributed by atoms with Crippen molar-refractivity contribution in [3.8, 4) is 6.07 Å². The van der Waals surface area contributed by atoms with Gasteiger partial charge >= 0.3 is 6.03 Å². The van der Waals surface area contributed by atoms with Gasteiger partial charge in [0.2, 0.25) is 0 Å². The first-order valence-electron chi connectivity index (χ1n) is 9.56. The van der Waals surface area contributed by atoms with Crippen LogP contribution in [0.25, 0.3) is 0 Å². The fraction of sp³-hybridized carbons (Fsp3) is 0.333. The van der Waals surface area contributed by atoms with E-state index in [2.05, 4.69) is 15.6 Å². The predicted molar refractivity (Wildman–Crippen MR) is 116 cm³/mol. The molecule has 30 heavy (non-hydrogen) atoms. The number of amides is 3. The number of pyridine rings is 1. The Balaban J connectivity index is 2.02. The Morgan fingerprint density at radius 2 is 1.93 bits per heavy atom. The van der Waals surface area contributed by atoms with Crippen molar-refractivity contribution in [2.45, 2.75) is 13.0 Å². The van der Waals surface area contributed by atoms with Gasteiger partial charge in [0, 0.05) is 32.4 Å². The molecular weight excluding hydrogens is 382 g/mol. The van der Waals surface area contributed by atoms with Crippen LogP contribution >= 0.6 is 0 Å². The highest BCUT2D eigenvalue weighted by atomic mass is 16.2. The first-order chi connectivity index (χ1) is 14.4. The lowest BCUT2D eigenvalue weighted by Crippen LogP contribution is -2.43. The number of para-hydroxylation sites is 2. The van der Waals surface area contributed by atoms with Crippen molar-refractivity contribution >= 4 is 23.3 Å². The third-order valence-corrected chi connectivity index (χ3v) is 4.26. The van der Waals surface area contributed by atoms with Crippen LogP contribution in [0.1, 0.15) is 22.5 Å². The standard InChI is InChI=1S/C21H27N7O2/c1-27(2)12-13-28(21(30)24-11-5-10-22)15-16-8-9-19(25-14-16)20(29)26-18-7-4-3-6-17(18)23/h3-4,6-9,14H,5,11-13,15,23H2,1-2H3,(H,24,30)(H,26,29). The Labute approximate surface area is 176 Å². The summed E-state index contributed by atoms with van der Waals surface area (Å²) in [4.78, 5) is 32.7. The van der Waals surface area contributed by atoms with Crippen LogP contribution in [0.2, 0.25) is 0 Å². The first-order valence-corrected chi connectivity index (χ1v) is 9.56. The van der Waals surface area contributed by atoms with E-state index in [0.29, 0.717) is 37.6 Å². The second-order valence-electron chi connectivity index (χ2n) is 6.96. The van der Waals surface area contributed by atoms with Gasteiger partial charge in [0.05, 0.1) is 23.9 Å². The van der Waals surface area contributed by atoms with Gasteiger partial charge in [-0.3, -0.25) is 9.78 Å². The summed E-state index contributed by atoms with van der Waals surface area (Å²) in [5, 5.41) is 14.1. The molecule has 0 fully saturated rings. The lowest BCUT2D eigenvalue weighted by Gasteiger charge is -2.24. The quantitative estimate of drug-likeness (QED) is 0.429. The van der Waals surface area contributed by atoms with Crippen molar-refractivity contribution in [2.24, 2.45) is 0 Å². The second kappa shape index (κ2) is 11.4. The number of nitrogens with one attached hydrogen (secondary N) is 2. The van der Waals surface area contributed by atoms with Crippen LogP contribution in [0.15, 0.2) is 42.6 Å². The average molecular weight is 409 g/mol. The summed E-state index contributed by atoms with van der Waals surface area (Å²) >= 11 is 0. The maximum absolute atomic E-state index is 12.4. The summed E-state index contributed by atoms with van der Waals surface area (Å²) < 4.78 is 0. The second-order valence-corrected chi connectivity index (χ2v) is 6.96. The lowest BCUT2D eigenvalue weighted by atomic mass is 10.2. The minimum absolute atomic E-state index is 0.242. The van der Waals surface area contributed by atoms with Gasteiger partial charge in [0.15, 0.2) is 0 Å². The number of anilines is 2. The smallest absolute Gasteiger partial charge is 0.317 e. The molecule has 0 atom stereocenters. The molecule has 0 saturated heterocycles. The van der Waals surface area contributed by atoms with E-state index < -0.39 is 0 Å². The van der Waals surface area contributed by atoms with Crippen molar-refractivity contribution in [2.75, 3.05) is 44.8 Å². The fourth-order valence-corrected chi connectivity index (χ4v) is 2.58. The minimum atomic E-state index is -0.363. The van der Waals surface area contributed by atoms with E-state index in [4.69, 9.17) is 11.0 Å². The molecule has 0 bridgehead atoms. The van der Waals surface area contributed by atoms with Crippen molar-refractivity contribution < 1.29 is 9.59 Å². The molecule has 2 rings (SSSR count). The Bertz CT molecular complexity index is 891. The molecule has 0 spiro atoms. The van der Waals surface area contributed by atoms with Gasteiger partial charge in [-0.1, -0.05) is 18.2 Å². The molecular formula is C21H27N7O2. The number of nitrogens with zero attached hydrogens (tertiary/aromatic N) is 4. The van der Waals surface area contributed by atoms with Gasteiger partial charge in [-0.25, -0.2) is 4.79 Å². The third-order valence-electron chi connectivity index (χ3n) is 4.26. The van der Waals surface area contributed by atoms with Crippen LogP contribution in [0, 0.1) is 11.3 Å². The van der Waals surface area contributed by atoms with Gasteiger partial charge in [-0.2, -0.15) is 5.26 Å². The SMILES string of the molecule is CN(C)CCN(Cc1ccc(C(=O)Nc2ccccc2N)nc1)C(=O)NCCC#N. The number of nitrogens with two attached hydrogens (primary N) is 1. The summed E-state index contributed by atoms with van der Waals surface area (Å²) in [6.45, 7) is 1.85. The van der Waals surface area contributed by atoms with Crippen molar-refractivity contribution in [1.82, 2.24) is 20.1 Å². The van der Waals surface area contributed by atoms with Crippen molar-refractivity contribution in [3.05, 3.63) is 53.9 Å². The highest BCUT2D eigenvalue weighted by Crippen LogP contribution is 2.17. The van der Waals surface area contributed by atoms with Crippen LogP contribution in [0.5, 0.6) is 0 Å². The number of hydrogen-bond acceptors (Lipinski definition) is 6. The van der Waals surface area contributed by atoms with Crippen LogP contribution in [-0.2, 0) is 6.54 Å². The highest BCUT2D eigenvalue weighted by Gasteiger charge is 2.15. The molecule has 0 aliphatic heterocycles. The Hall–Kier alpha value is -3.64. The Kier molecular flexibility index (Phi) is 8.59. The lowest BCUT2D eigenvalue weighted by molar-refractivity contribution is 0.102. The molecule has 2 aromatic rings. The molecule has 4 N–H and O–H groups in total. The predicted octanol–water partition coefficient (Wildman–Crippen LogP) is 1.90. The zero-order chi connectivity index (χ0) is 21.9.